The Morgan fingerprint density at radius 1 is 1.31 bits per heavy atom. The Morgan fingerprint density at radius 3 is 2.62 bits per heavy atom. The fraction of sp³-hybridized carbons (Fsp3) is 0.684. The molecule has 3 rings (SSSR count). The van der Waals surface area contributed by atoms with Gasteiger partial charge in [-0.05, 0) is 12.3 Å². The highest BCUT2D eigenvalue weighted by Crippen LogP contribution is 2.32. The fourth-order valence-electron chi connectivity index (χ4n) is 3.99. The number of carbonyl (C=O) groups is 2. The maximum absolute atomic E-state index is 13.3. The van der Waals surface area contributed by atoms with Gasteiger partial charge in [0.1, 0.15) is 5.82 Å². The number of ether oxygens (including phenoxy) is 1. The molecule has 3 N–H and O–H groups in total. The monoisotopic (exact) mass is 460 g/mol. The minimum atomic E-state index is -4.70. The van der Waals surface area contributed by atoms with Crippen LogP contribution < -0.4 is 15.8 Å². The molecule has 1 aromatic rings. The molecular weight excluding hydrogens is 433 g/mol. The predicted molar refractivity (Wildman–Crippen MR) is 106 cm³/mol. The average molecular weight is 460 g/mol. The lowest BCUT2D eigenvalue weighted by Crippen LogP contribution is -2.41. The number of halogens is 3. The first-order chi connectivity index (χ1) is 15.3. The molecule has 178 valence electrons. The van der Waals surface area contributed by atoms with Gasteiger partial charge in [0.25, 0.3) is 0 Å². The van der Waals surface area contributed by atoms with Crippen LogP contribution in [0.25, 0.3) is 0 Å². The molecule has 0 spiro atoms. The molecule has 0 aromatic carbocycles. The smallest absolute Gasteiger partial charge is 0.378 e. The highest BCUT2D eigenvalue weighted by molar-refractivity contribution is 5.80. The van der Waals surface area contributed by atoms with Gasteiger partial charge in [0.05, 0.1) is 25.7 Å². The maximum atomic E-state index is 13.3. The number of anilines is 2. The Balaban J connectivity index is 1.72. The van der Waals surface area contributed by atoms with Crippen LogP contribution in [0, 0.1) is 11.8 Å². The SMILES string of the molecule is O=CN(O)C[C@@H](CC1CCCC1)C(=O)NNc1nc(N2CCOCC2)cc(C(F)(F)F)n1. The third kappa shape index (κ3) is 6.66. The van der Waals surface area contributed by atoms with E-state index >= 15 is 0 Å². The summed E-state index contributed by atoms with van der Waals surface area (Å²) in [6, 6.07) is 0.856. The standard InChI is InChI=1S/C19H27F3N6O4/c20-19(21,22)15-10-16(27-5-7-32-8-6-27)24-18(23-15)26-25-17(30)14(11-28(31)12-29)9-13-3-1-2-4-13/h10,12-14,31H,1-9,11H2,(H,25,30)(H,23,24,26)/t14-/m1/s1. The van der Waals surface area contributed by atoms with E-state index in [1.807, 2.05) is 0 Å². The van der Waals surface area contributed by atoms with Crippen molar-refractivity contribution in [3.63, 3.8) is 0 Å². The van der Waals surface area contributed by atoms with E-state index in [9.17, 15) is 28.0 Å². The van der Waals surface area contributed by atoms with Gasteiger partial charge in [-0.1, -0.05) is 25.7 Å². The molecule has 2 fully saturated rings. The van der Waals surface area contributed by atoms with Crippen LogP contribution in [0.3, 0.4) is 0 Å². The van der Waals surface area contributed by atoms with Crippen LogP contribution >= 0.6 is 0 Å². The van der Waals surface area contributed by atoms with Crippen LogP contribution in [0.15, 0.2) is 6.07 Å². The summed E-state index contributed by atoms with van der Waals surface area (Å²) in [6.45, 7) is 1.25. The lowest BCUT2D eigenvalue weighted by atomic mass is 9.92. The van der Waals surface area contributed by atoms with Crippen LogP contribution in [-0.4, -0.2) is 65.4 Å². The van der Waals surface area contributed by atoms with Crippen LogP contribution in [0.1, 0.15) is 37.8 Å². The van der Waals surface area contributed by atoms with Gasteiger partial charge in [0.15, 0.2) is 5.69 Å². The second-order valence-electron chi connectivity index (χ2n) is 7.96. The summed E-state index contributed by atoms with van der Waals surface area (Å²) in [6.07, 6.45) is -0.0520. The third-order valence-corrected chi connectivity index (χ3v) is 5.63. The van der Waals surface area contributed by atoms with Gasteiger partial charge in [-0.2, -0.15) is 18.2 Å². The zero-order valence-corrected chi connectivity index (χ0v) is 17.5. The quantitative estimate of drug-likeness (QED) is 0.290. The molecule has 1 aromatic heterocycles. The van der Waals surface area contributed by atoms with Crippen LogP contribution in [-0.2, 0) is 20.5 Å². The molecule has 1 saturated carbocycles. The van der Waals surface area contributed by atoms with Gasteiger partial charge in [-0.3, -0.25) is 25.6 Å². The van der Waals surface area contributed by atoms with Gasteiger partial charge in [0.2, 0.25) is 18.3 Å². The molecule has 0 unspecified atom stereocenters. The van der Waals surface area contributed by atoms with E-state index in [1.54, 1.807) is 4.90 Å². The van der Waals surface area contributed by atoms with Crippen molar-refractivity contribution in [2.45, 2.75) is 38.3 Å². The minimum absolute atomic E-state index is 0.0670. The first-order valence-corrected chi connectivity index (χ1v) is 10.5. The highest BCUT2D eigenvalue weighted by Gasteiger charge is 2.35. The Hall–Kier alpha value is -2.67. The molecule has 1 aliphatic carbocycles. The van der Waals surface area contributed by atoms with E-state index < -0.39 is 29.6 Å². The lowest BCUT2D eigenvalue weighted by Gasteiger charge is -2.28. The molecule has 32 heavy (non-hydrogen) atoms. The average Bonchev–Trinajstić information content (AvgIpc) is 3.30. The first-order valence-electron chi connectivity index (χ1n) is 10.5. The number of nitrogens with zero attached hydrogens (tertiary/aromatic N) is 4. The zero-order chi connectivity index (χ0) is 23.1. The molecule has 0 radical (unpaired) electrons. The van der Waals surface area contributed by atoms with Crippen LogP contribution in [0.5, 0.6) is 0 Å². The number of alkyl halides is 3. The summed E-state index contributed by atoms with van der Waals surface area (Å²) in [5, 5.41) is 9.93. The van der Waals surface area contributed by atoms with E-state index in [4.69, 9.17) is 4.74 Å². The summed E-state index contributed by atoms with van der Waals surface area (Å²) in [7, 11) is 0. The number of carbonyl (C=O) groups excluding carboxylic acids is 2. The van der Waals surface area contributed by atoms with Crippen molar-refractivity contribution < 1.29 is 32.7 Å². The Morgan fingerprint density at radius 2 is 2.00 bits per heavy atom. The lowest BCUT2D eigenvalue weighted by molar-refractivity contribution is -0.154. The second-order valence-corrected chi connectivity index (χ2v) is 7.96. The van der Waals surface area contributed by atoms with Crippen molar-refractivity contribution in [1.29, 1.82) is 0 Å². The molecule has 0 bridgehead atoms. The van der Waals surface area contributed by atoms with Crippen molar-refractivity contribution in [3.8, 4) is 0 Å². The van der Waals surface area contributed by atoms with Crippen molar-refractivity contribution in [1.82, 2.24) is 20.5 Å². The third-order valence-electron chi connectivity index (χ3n) is 5.63. The fourth-order valence-corrected chi connectivity index (χ4v) is 3.99. The zero-order valence-electron chi connectivity index (χ0n) is 17.5. The number of aromatic nitrogens is 2. The van der Waals surface area contributed by atoms with E-state index in [1.165, 1.54) is 0 Å². The molecule has 1 aliphatic heterocycles. The topological polar surface area (TPSA) is 120 Å². The first kappa shape index (κ1) is 24.0. The van der Waals surface area contributed by atoms with E-state index in [0.29, 0.717) is 37.8 Å². The molecule has 2 aliphatic rings. The van der Waals surface area contributed by atoms with Crippen molar-refractivity contribution >= 4 is 24.1 Å². The Labute approximate surface area is 183 Å². The number of nitrogens with one attached hydrogen (secondary N) is 2. The summed E-state index contributed by atoms with van der Waals surface area (Å²) < 4.78 is 45.2. The van der Waals surface area contributed by atoms with E-state index in [-0.39, 0.29) is 24.7 Å². The minimum Gasteiger partial charge on any atom is -0.378 e. The summed E-state index contributed by atoms with van der Waals surface area (Å²) >= 11 is 0. The van der Waals surface area contributed by atoms with Gasteiger partial charge >= 0.3 is 6.18 Å². The number of hydrazine groups is 1. The summed E-state index contributed by atoms with van der Waals surface area (Å²) in [4.78, 5) is 32.7. The number of amides is 2. The van der Waals surface area contributed by atoms with Crippen molar-refractivity contribution in [2.75, 3.05) is 43.2 Å². The largest absolute Gasteiger partial charge is 0.433 e. The molecule has 1 saturated heterocycles. The number of rotatable bonds is 9. The van der Waals surface area contributed by atoms with Crippen LogP contribution in [0.4, 0.5) is 24.9 Å². The summed E-state index contributed by atoms with van der Waals surface area (Å²) in [5.41, 5.74) is 3.56. The van der Waals surface area contributed by atoms with Gasteiger partial charge in [-0.25, -0.2) is 10.0 Å². The Bertz CT molecular complexity index is 785. The molecule has 1 atom stereocenters. The number of hydrogen-bond donors (Lipinski definition) is 3. The van der Waals surface area contributed by atoms with Crippen molar-refractivity contribution in [3.05, 3.63) is 11.8 Å². The summed E-state index contributed by atoms with van der Waals surface area (Å²) in [5.74, 6) is -1.39. The number of morpholine rings is 1. The molecule has 2 amide bonds. The van der Waals surface area contributed by atoms with Gasteiger partial charge in [0, 0.05) is 19.2 Å². The second kappa shape index (κ2) is 10.8. The molecular formula is C19H27F3N6O4. The van der Waals surface area contributed by atoms with E-state index in [0.717, 1.165) is 31.7 Å². The van der Waals surface area contributed by atoms with Crippen molar-refractivity contribution in [2.24, 2.45) is 11.8 Å². The molecule has 10 nitrogen and oxygen atoms in total. The highest BCUT2D eigenvalue weighted by atomic mass is 19.4. The predicted octanol–water partition coefficient (Wildman–Crippen LogP) is 1.82. The maximum Gasteiger partial charge on any atom is 0.433 e. The Kier molecular flexibility index (Phi) is 8.07. The van der Waals surface area contributed by atoms with Gasteiger partial charge < -0.3 is 9.64 Å². The molecule has 2 heterocycles. The number of hydrogen-bond acceptors (Lipinski definition) is 8. The normalized spacial score (nSPS) is 18.3. The molecule has 13 heteroatoms. The van der Waals surface area contributed by atoms with E-state index in [2.05, 4.69) is 20.8 Å². The van der Waals surface area contributed by atoms with Gasteiger partial charge in [-0.15, -0.1) is 0 Å². The number of hydroxylamine groups is 2. The van der Waals surface area contributed by atoms with Crippen LogP contribution in [0.2, 0.25) is 0 Å².